The van der Waals surface area contributed by atoms with Gasteiger partial charge in [-0.2, -0.15) is 0 Å². The Morgan fingerprint density at radius 1 is 1.30 bits per heavy atom. The Bertz CT molecular complexity index is 841. The molecule has 0 aliphatic carbocycles. The summed E-state index contributed by atoms with van der Waals surface area (Å²) in [4.78, 5) is 27.9. The molecule has 0 fully saturated rings. The number of carbonyl (C=O) groups excluding carboxylic acids is 1. The Morgan fingerprint density at radius 2 is 2.09 bits per heavy atom. The van der Waals surface area contributed by atoms with Crippen molar-refractivity contribution < 1.29 is 18.0 Å². The third-order valence-electron chi connectivity index (χ3n) is 3.35. The van der Waals surface area contributed by atoms with Crippen molar-refractivity contribution in [1.29, 1.82) is 0 Å². The van der Waals surface area contributed by atoms with Gasteiger partial charge in [0.05, 0.1) is 11.7 Å². The van der Waals surface area contributed by atoms with Crippen molar-refractivity contribution in [1.82, 2.24) is 9.55 Å². The van der Waals surface area contributed by atoms with Gasteiger partial charge in [0, 0.05) is 24.4 Å². The van der Waals surface area contributed by atoms with Crippen LogP contribution in [0.5, 0.6) is 0 Å². The number of hydrogen-bond acceptors (Lipinski definition) is 4. The van der Waals surface area contributed by atoms with E-state index in [0.717, 1.165) is 12.1 Å². The zero-order valence-electron chi connectivity index (χ0n) is 11.6. The predicted molar refractivity (Wildman–Crippen MR) is 77.8 cm³/mol. The van der Waals surface area contributed by atoms with Crippen molar-refractivity contribution in [2.75, 3.05) is 11.1 Å². The van der Waals surface area contributed by atoms with E-state index in [2.05, 4.69) is 10.3 Å². The fraction of sp³-hybridized carbons (Fsp3) is 0.214. The van der Waals surface area contributed by atoms with Crippen molar-refractivity contribution in [2.24, 2.45) is 0 Å². The summed E-state index contributed by atoms with van der Waals surface area (Å²) in [7, 11) is 0. The van der Waals surface area contributed by atoms with Gasteiger partial charge in [-0.3, -0.25) is 14.2 Å². The second-order valence-corrected chi connectivity index (χ2v) is 5.86. The van der Waals surface area contributed by atoms with Crippen LogP contribution in [0.2, 0.25) is 0 Å². The molecule has 2 aromatic rings. The number of carbonyl (C=O) groups is 1. The van der Waals surface area contributed by atoms with Crippen LogP contribution in [0.1, 0.15) is 12.5 Å². The van der Waals surface area contributed by atoms with Crippen LogP contribution in [0.4, 0.5) is 18.9 Å². The summed E-state index contributed by atoms with van der Waals surface area (Å²) >= 11 is 1.33. The highest BCUT2D eigenvalue weighted by Gasteiger charge is 2.27. The first-order valence-electron chi connectivity index (χ1n) is 6.61. The first kappa shape index (κ1) is 15.6. The fourth-order valence-corrected chi connectivity index (χ4v) is 3.40. The minimum absolute atomic E-state index is 0.107. The predicted octanol–water partition coefficient (Wildman–Crippen LogP) is 2.34. The molecule has 1 amide bonds. The molecule has 1 aromatic heterocycles. The maximum atomic E-state index is 13.5. The molecule has 23 heavy (non-hydrogen) atoms. The first-order chi connectivity index (χ1) is 11.0. The van der Waals surface area contributed by atoms with Crippen molar-refractivity contribution in [2.45, 2.75) is 17.6 Å². The Labute approximate surface area is 132 Å². The van der Waals surface area contributed by atoms with Crippen LogP contribution in [-0.4, -0.2) is 21.2 Å². The van der Waals surface area contributed by atoms with Crippen LogP contribution >= 0.6 is 11.8 Å². The standard InChI is InChI=1S/C14H10F3N3O2S/c15-8-1-2-9(13(17)12(8)16)19-10(21)5-7-6-23-14-18-4-3-11(22)20(7)14/h1-4,7H,5-6H2,(H,19,21). The van der Waals surface area contributed by atoms with Gasteiger partial charge >= 0.3 is 0 Å². The third kappa shape index (κ3) is 2.96. The van der Waals surface area contributed by atoms with E-state index in [1.165, 1.54) is 28.6 Å². The second kappa shape index (κ2) is 6.07. The SMILES string of the molecule is O=C(CC1CSc2nccc(=O)n21)Nc1ccc(F)c(F)c1F. The summed E-state index contributed by atoms with van der Waals surface area (Å²) in [5.41, 5.74) is -0.727. The smallest absolute Gasteiger partial charge is 0.254 e. The maximum absolute atomic E-state index is 13.5. The van der Waals surface area contributed by atoms with Crippen molar-refractivity contribution in [3.63, 3.8) is 0 Å². The summed E-state index contributed by atoms with van der Waals surface area (Å²) in [5, 5.41) is 2.70. The molecule has 0 bridgehead atoms. The van der Waals surface area contributed by atoms with Gasteiger partial charge in [0.25, 0.3) is 5.56 Å². The van der Waals surface area contributed by atoms with Gasteiger partial charge in [-0.25, -0.2) is 18.2 Å². The number of benzene rings is 1. The summed E-state index contributed by atoms with van der Waals surface area (Å²) in [6.07, 6.45) is 1.28. The number of anilines is 1. The van der Waals surface area contributed by atoms with Crippen molar-refractivity contribution in [3.8, 4) is 0 Å². The molecule has 1 aliphatic rings. The average molecular weight is 341 g/mol. The van der Waals surface area contributed by atoms with Crippen molar-refractivity contribution in [3.05, 3.63) is 52.2 Å². The van der Waals surface area contributed by atoms with E-state index in [-0.39, 0.29) is 12.0 Å². The van der Waals surface area contributed by atoms with Gasteiger partial charge in [0.15, 0.2) is 22.6 Å². The highest BCUT2D eigenvalue weighted by molar-refractivity contribution is 7.99. The summed E-state index contributed by atoms with van der Waals surface area (Å²) in [6, 6.07) is 2.53. The van der Waals surface area contributed by atoms with E-state index < -0.39 is 35.1 Å². The Kier molecular flexibility index (Phi) is 4.12. The highest BCUT2D eigenvalue weighted by Crippen LogP contribution is 2.31. The minimum Gasteiger partial charge on any atom is -0.323 e. The molecule has 0 radical (unpaired) electrons. The van der Waals surface area contributed by atoms with Crippen LogP contribution in [-0.2, 0) is 4.79 Å². The highest BCUT2D eigenvalue weighted by atomic mass is 32.2. The Morgan fingerprint density at radius 3 is 2.87 bits per heavy atom. The van der Waals surface area contributed by atoms with E-state index in [1.807, 2.05) is 0 Å². The lowest BCUT2D eigenvalue weighted by molar-refractivity contribution is -0.116. The number of nitrogens with one attached hydrogen (secondary N) is 1. The van der Waals surface area contributed by atoms with Crippen LogP contribution < -0.4 is 10.9 Å². The number of fused-ring (bicyclic) bond motifs is 1. The van der Waals surface area contributed by atoms with Crippen LogP contribution in [0.3, 0.4) is 0 Å². The van der Waals surface area contributed by atoms with Gasteiger partial charge in [0.2, 0.25) is 5.91 Å². The largest absolute Gasteiger partial charge is 0.323 e. The van der Waals surface area contributed by atoms with Gasteiger partial charge in [-0.15, -0.1) is 0 Å². The Balaban J connectivity index is 1.75. The lowest BCUT2D eigenvalue weighted by Crippen LogP contribution is -2.27. The van der Waals surface area contributed by atoms with Crippen LogP contribution in [0.25, 0.3) is 0 Å². The summed E-state index contributed by atoms with van der Waals surface area (Å²) in [5.74, 6) is -4.58. The molecule has 3 rings (SSSR count). The molecule has 120 valence electrons. The molecule has 0 spiro atoms. The molecular formula is C14H10F3N3O2S. The van der Waals surface area contributed by atoms with E-state index in [0.29, 0.717) is 10.9 Å². The van der Waals surface area contributed by atoms with Gasteiger partial charge in [-0.05, 0) is 12.1 Å². The molecule has 2 heterocycles. The van der Waals surface area contributed by atoms with Gasteiger partial charge in [-0.1, -0.05) is 11.8 Å². The topological polar surface area (TPSA) is 64.0 Å². The maximum Gasteiger partial charge on any atom is 0.254 e. The number of thioether (sulfide) groups is 1. The number of amides is 1. The number of aromatic nitrogens is 2. The number of halogens is 3. The number of nitrogens with zero attached hydrogens (tertiary/aromatic N) is 2. The molecule has 1 aliphatic heterocycles. The monoisotopic (exact) mass is 341 g/mol. The molecule has 1 atom stereocenters. The minimum atomic E-state index is -1.65. The molecule has 1 unspecified atom stereocenters. The first-order valence-corrected chi connectivity index (χ1v) is 7.59. The molecule has 9 heteroatoms. The van der Waals surface area contributed by atoms with Crippen LogP contribution in [0.15, 0.2) is 34.3 Å². The van der Waals surface area contributed by atoms with E-state index >= 15 is 0 Å². The summed E-state index contributed by atoms with van der Waals surface area (Å²) in [6.45, 7) is 0. The molecule has 1 aromatic carbocycles. The molecular weight excluding hydrogens is 331 g/mol. The molecule has 1 N–H and O–H groups in total. The molecule has 0 saturated carbocycles. The normalized spacial score (nSPS) is 16.2. The van der Waals surface area contributed by atoms with Gasteiger partial charge in [0.1, 0.15) is 0 Å². The molecule has 5 nitrogen and oxygen atoms in total. The zero-order valence-corrected chi connectivity index (χ0v) is 12.4. The van der Waals surface area contributed by atoms with Crippen molar-refractivity contribution >= 4 is 23.4 Å². The lowest BCUT2D eigenvalue weighted by Gasteiger charge is -2.13. The second-order valence-electron chi connectivity index (χ2n) is 4.88. The van der Waals surface area contributed by atoms with E-state index in [9.17, 15) is 22.8 Å². The summed E-state index contributed by atoms with van der Waals surface area (Å²) < 4.78 is 40.9. The van der Waals surface area contributed by atoms with E-state index in [4.69, 9.17) is 0 Å². The van der Waals surface area contributed by atoms with Crippen LogP contribution in [0, 0.1) is 17.5 Å². The van der Waals surface area contributed by atoms with E-state index in [1.54, 1.807) is 0 Å². The van der Waals surface area contributed by atoms with Gasteiger partial charge < -0.3 is 5.32 Å². The molecule has 0 saturated heterocycles. The third-order valence-corrected chi connectivity index (χ3v) is 4.46. The fourth-order valence-electron chi connectivity index (χ4n) is 2.28. The average Bonchev–Trinajstić information content (AvgIpc) is 2.92. The zero-order chi connectivity index (χ0) is 16.6. The Hall–Kier alpha value is -2.29. The number of hydrogen-bond donors (Lipinski definition) is 1. The lowest BCUT2D eigenvalue weighted by atomic mass is 10.2. The quantitative estimate of drug-likeness (QED) is 0.687. The number of rotatable bonds is 3.